The predicted octanol–water partition coefficient (Wildman–Crippen LogP) is 5.00. The van der Waals surface area contributed by atoms with Crippen LogP contribution in [0.5, 0.6) is 28.7 Å². The number of hydrogen-bond acceptors (Lipinski definition) is 8. The first-order valence-corrected chi connectivity index (χ1v) is 12.6. The van der Waals surface area contributed by atoms with Crippen LogP contribution in [0.15, 0.2) is 72.8 Å². The molecular weight excluding hydrogens is 486 g/mol. The lowest BCUT2D eigenvalue weighted by atomic mass is 10.1. The Morgan fingerprint density at radius 3 is 2.08 bits per heavy atom. The topological polar surface area (TPSA) is 75.7 Å². The van der Waals surface area contributed by atoms with Crippen LogP contribution in [-0.4, -0.2) is 71.7 Å². The second-order valence-corrected chi connectivity index (χ2v) is 8.81. The van der Waals surface area contributed by atoms with Gasteiger partial charge in [-0.1, -0.05) is 24.3 Å². The number of benzene rings is 3. The van der Waals surface area contributed by atoms with Crippen molar-refractivity contribution in [3.63, 3.8) is 0 Å². The normalized spacial score (nSPS) is 11.6. The molecule has 0 heterocycles. The summed E-state index contributed by atoms with van der Waals surface area (Å²) in [5.74, 6) is 3.22. The van der Waals surface area contributed by atoms with Crippen LogP contribution in [0.25, 0.3) is 0 Å². The second kappa shape index (κ2) is 15.5. The molecule has 3 aromatic carbocycles. The quantitative estimate of drug-likeness (QED) is 0.192. The van der Waals surface area contributed by atoms with Crippen molar-refractivity contribution >= 4 is 5.97 Å². The third-order valence-electron chi connectivity index (χ3n) is 5.62. The summed E-state index contributed by atoms with van der Waals surface area (Å²) in [5.41, 5.74) is 0.833. The van der Waals surface area contributed by atoms with E-state index in [9.17, 15) is 4.79 Å². The average Bonchev–Trinajstić information content (AvgIpc) is 2.93. The van der Waals surface area contributed by atoms with Gasteiger partial charge in [0.2, 0.25) is 0 Å². The number of carbonyl (C=O) groups is 1. The first kappa shape index (κ1) is 28.8. The van der Waals surface area contributed by atoms with Crippen molar-refractivity contribution < 1.29 is 33.2 Å². The first-order valence-electron chi connectivity index (χ1n) is 12.6. The fraction of sp³-hybridized carbons (Fsp3) is 0.367. The highest BCUT2D eigenvalue weighted by molar-refractivity contribution is 5.75. The summed E-state index contributed by atoms with van der Waals surface area (Å²) >= 11 is 0. The molecule has 38 heavy (non-hydrogen) atoms. The van der Waals surface area contributed by atoms with Gasteiger partial charge >= 0.3 is 5.97 Å². The smallest absolute Gasteiger partial charge is 0.335 e. The molecular formula is C30H37NO7. The van der Waals surface area contributed by atoms with E-state index in [4.69, 9.17) is 28.4 Å². The van der Waals surface area contributed by atoms with E-state index < -0.39 is 12.1 Å². The summed E-state index contributed by atoms with van der Waals surface area (Å²) in [5, 5.41) is 0. The molecule has 8 heteroatoms. The summed E-state index contributed by atoms with van der Waals surface area (Å²) in [6, 6.07) is 22.7. The van der Waals surface area contributed by atoms with E-state index in [0.29, 0.717) is 50.7 Å². The molecule has 204 valence electrons. The number of ether oxygens (including phenoxy) is 6. The lowest BCUT2D eigenvalue weighted by Gasteiger charge is -2.18. The van der Waals surface area contributed by atoms with Gasteiger partial charge in [-0.2, -0.15) is 0 Å². The van der Waals surface area contributed by atoms with Crippen molar-refractivity contribution in [1.82, 2.24) is 4.90 Å². The molecule has 1 atom stereocenters. The first-order chi connectivity index (χ1) is 18.5. The Kier molecular flexibility index (Phi) is 11.7. The number of nitrogens with zero attached hydrogens (tertiary/aromatic N) is 1. The van der Waals surface area contributed by atoms with Crippen molar-refractivity contribution in [2.75, 3.05) is 54.7 Å². The highest BCUT2D eigenvalue weighted by Gasteiger charge is 2.22. The minimum Gasteiger partial charge on any atom is -0.496 e. The number of hydrogen-bond donors (Lipinski definition) is 0. The molecule has 0 fully saturated rings. The van der Waals surface area contributed by atoms with Gasteiger partial charge in [-0.3, -0.25) is 0 Å². The van der Waals surface area contributed by atoms with Crippen LogP contribution in [0.1, 0.15) is 12.0 Å². The van der Waals surface area contributed by atoms with Gasteiger partial charge in [0, 0.05) is 32.6 Å². The molecule has 0 saturated heterocycles. The molecule has 3 aromatic rings. The minimum atomic E-state index is -0.714. The van der Waals surface area contributed by atoms with Gasteiger partial charge in [-0.05, 0) is 62.1 Å². The molecule has 0 spiro atoms. The lowest BCUT2D eigenvalue weighted by Crippen LogP contribution is -2.30. The zero-order chi connectivity index (χ0) is 27.2. The van der Waals surface area contributed by atoms with E-state index in [1.165, 1.54) is 7.11 Å². The summed E-state index contributed by atoms with van der Waals surface area (Å²) in [7, 11) is 6.93. The number of para-hydroxylation sites is 1. The van der Waals surface area contributed by atoms with Crippen LogP contribution in [0, 0.1) is 0 Å². The van der Waals surface area contributed by atoms with E-state index in [1.807, 2.05) is 91.8 Å². The monoisotopic (exact) mass is 523 g/mol. The van der Waals surface area contributed by atoms with Crippen LogP contribution in [-0.2, 0) is 20.7 Å². The van der Waals surface area contributed by atoms with Crippen molar-refractivity contribution in [3.05, 3.63) is 78.4 Å². The van der Waals surface area contributed by atoms with Crippen LogP contribution >= 0.6 is 0 Å². The SMILES string of the molecule is COc1cc(OCCCOc2ccc(Oc3ccccc3)cc2)ccc1C[C@H](OC)C(=O)OCCN(C)C. The van der Waals surface area contributed by atoms with E-state index >= 15 is 0 Å². The van der Waals surface area contributed by atoms with E-state index in [-0.39, 0.29) is 0 Å². The number of rotatable bonds is 16. The Hall–Kier alpha value is -3.75. The largest absolute Gasteiger partial charge is 0.496 e. The maximum absolute atomic E-state index is 12.4. The van der Waals surface area contributed by atoms with Crippen LogP contribution in [0.4, 0.5) is 0 Å². The molecule has 0 radical (unpaired) electrons. The molecule has 0 aliphatic rings. The third kappa shape index (κ3) is 9.61. The van der Waals surface area contributed by atoms with Gasteiger partial charge in [-0.15, -0.1) is 0 Å². The summed E-state index contributed by atoms with van der Waals surface area (Å²) in [6.45, 7) is 1.96. The molecule has 0 bridgehead atoms. The fourth-order valence-electron chi connectivity index (χ4n) is 3.54. The fourth-order valence-corrected chi connectivity index (χ4v) is 3.54. The van der Waals surface area contributed by atoms with Crippen molar-refractivity contribution in [1.29, 1.82) is 0 Å². The van der Waals surface area contributed by atoms with Crippen LogP contribution < -0.4 is 18.9 Å². The van der Waals surface area contributed by atoms with Gasteiger partial charge in [0.05, 0.1) is 20.3 Å². The standard InChI is InChI=1S/C30H37NO7/c1-31(2)17-20-37-30(32)29(34-4)21-23-11-12-27(22-28(23)33-3)36-19-8-18-35-24-13-15-26(16-14-24)38-25-9-6-5-7-10-25/h5-7,9-16,22,29H,8,17-21H2,1-4H3/t29-/m0/s1. The lowest BCUT2D eigenvalue weighted by molar-refractivity contribution is -0.155. The average molecular weight is 524 g/mol. The molecule has 0 aliphatic heterocycles. The van der Waals surface area contributed by atoms with E-state index in [2.05, 4.69) is 0 Å². The van der Waals surface area contributed by atoms with Crippen molar-refractivity contribution in [2.45, 2.75) is 18.9 Å². The van der Waals surface area contributed by atoms with E-state index in [0.717, 1.165) is 22.8 Å². The van der Waals surface area contributed by atoms with Gasteiger partial charge in [0.15, 0.2) is 6.10 Å². The van der Waals surface area contributed by atoms with Gasteiger partial charge in [0.1, 0.15) is 35.4 Å². The highest BCUT2D eigenvalue weighted by atomic mass is 16.6. The number of likely N-dealkylation sites (N-methyl/N-ethyl adjacent to an activating group) is 1. The number of methoxy groups -OCH3 is 2. The third-order valence-corrected chi connectivity index (χ3v) is 5.62. The predicted molar refractivity (Wildman–Crippen MR) is 146 cm³/mol. The Balaban J connectivity index is 1.41. The number of carbonyl (C=O) groups excluding carboxylic acids is 1. The Morgan fingerprint density at radius 2 is 1.42 bits per heavy atom. The number of esters is 1. The summed E-state index contributed by atoms with van der Waals surface area (Å²) < 4.78 is 33.7. The maximum Gasteiger partial charge on any atom is 0.335 e. The molecule has 0 amide bonds. The van der Waals surface area contributed by atoms with E-state index in [1.54, 1.807) is 7.11 Å². The van der Waals surface area contributed by atoms with Gasteiger partial charge < -0.3 is 33.3 Å². The molecule has 0 aromatic heterocycles. The zero-order valence-electron chi connectivity index (χ0n) is 22.6. The Bertz CT molecular complexity index is 1100. The highest BCUT2D eigenvalue weighted by Crippen LogP contribution is 2.27. The van der Waals surface area contributed by atoms with Crippen molar-refractivity contribution in [3.8, 4) is 28.7 Å². The molecule has 8 nitrogen and oxygen atoms in total. The van der Waals surface area contributed by atoms with Crippen LogP contribution in [0.3, 0.4) is 0 Å². The molecule has 3 rings (SSSR count). The summed E-state index contributed by atoms with van der Waals surface area (Å²) in [4.78, 5) is 14.3. The molecule has 0 unspecified atom stereocenters. The maximum atomic E-state index is 12.4. The minimum absolute atomic E-state index is 0.313. The van der Waals surface area contributed by atoms with Gasteiger partial charge in [0.25, 0.3) is 0 Å². The molecule has 0 aliphatic carbocycles. The van der Waals surface area contributed by atoms with Gasteiger partial charge in [-0.25, -0.2) is 4.79 Å². The second-order valence-electron chi connectivity index (χ2n) is 8.81. The Labute approximate surface area is 225 Å². The van der Waals surface area contributed by atoms with Crippen LogP contribution in [0.2, 0.25) is 0 Å². The molecule has 0 saturated carbocycles. The van der Waals surface area contributed by atoms with Crippen molar-refractivity contribution in [2.24, 2.45) is 0 Å². The zero-order valence-corrected chi connectivity index (χ0v) is 22.6. The molecule has 0 N–H and O–H groups in total. The summed E-state index contributed by atoms with van der Waals surface area (Å²) in [6.07, 6.45) is 0.328. The Morgan fingerprint density at radius 1 is 0.789 bits per heavy atom.